The first-order valence-electron chi connectivity index (χ1n) is 5.90. The van der Waals surface area contributed by atoms with Crippen LogP contribution < -0.4 is 4.72 Å². The van der Waals surface area contributed by atoms with E-state index in [1.165, 1.54) is 24.3 Å². The van der Waals surface area contributed by atoms with Crippen LogP contribution in [0.5, 0.6) is 5.75 Å². The van der Waals surface area contributed by atoms with Crippen molar-refractivity contribution in [1.82, 2.24) is 4.72 Å². The highest BCUT2D eigenvalue weighted by Gasteiger charge is 2.17. The van der Waals surface area contributed by atoms with Crippen LogP contribution in [0.25, 0.3) is 0 Å². The Morgan fingerprint density at radius 3 is 2.68 bits per heavy atom. The molecule has 1 rings (SSSR count). The highest BCUT2D eigenvalue weighted by Crippen LogP contribution is 2.20. The zero-order chi connectivity index (χ0) is 14.3. The Kier molecular flexibility index (Phi) is 5.78. The molecule has 0 radical (unpaired) electrons. The lowest BCUT2D eigenvalue weighted by Gasteiger charge is -2.07. The molecule has 0 aliphatic rings. The van der Waals surface area contributed by atoms with E-state index in [1.807, 2.05) is 0 Å². The van der Waals surface area contributed by atoms with Crippen LogP contribution in [0.4, 0.5) is 0 Å². The number of phenols is 1. The van der Waals surface area contributed by atoms with Gasteiger partial charge in [-0.15, -0.1) is 0 Å². The molecule has 106 valence electrons. The summed E-state index contributed by atoms with van der Waals surface area (Å²) < 4.78 is 30.7. The van der Waals surface area contributed by atoms with Crippen LogP contribution in [0.3, 0.4) is 0 Å². The van der Waals surface area contributed by atoms with E-state index >= 15 is 0 Å². The van der Waals surface area contributed by atoms with Crippen molar-refractivity contribution in [2.45, 2.75) is 24.7 Å². The molecule has 19 heavy (non-hydrogen) atoms. The van der Waals surface area contributed by atoms with E-state index in [2.05, 4.69) is 4.72 Å². The van der Waals surface area contributed by atoms with Crippen molar-refractivity contribution in [2.24, 2.45) is 0 Å². The zero-order valence-electron chi connectivity index (χ0n) is 10.6. The van der Waals surface area contributed by atoms with Gasteiger partial charge in [-0.25, -0.2) is 13.1 Å². The normalized spacial score (nSPS) is 11.2. The Labute approximate surface area is 112 Å². The second-order valence-corrected chi connectivity index (χ2v) is 5.51. The number of ether oxygens (including phenoxy) is 1. The molecule has 0 atom stereocenters. The molecule has 0 aliphatic carbocycles. The average molecular weight is 287 g/mol. The van der Waals surface area contributed by atoms with Crippen molar-refractivity contribution in [1.29, 1.82) is 0 Å². The maximum absolute atomic E-state index is 11.8. The number of sulfonamides is 1. The van der Waals surface area contributed by atoms with Crippen LogP contribution >= 0.6 is 0 Å². The molecule has 0 amide bonds. The smallest absolute Gasteiger partial charge is 0.305 e. The van der Waals surface area contributed by atoms with Gasteiger partial charge in [0.15, 0.2) is 0 Å². The highest BCUT2D eigenvalue weighted by molar-refractivity contribution is 7.89. The van der Waals surface area contributed by atoms with Crippen LogP contribution in [-0.4, -0.2) is 32.6 Å². The van der Waals surface area contributed by atoms with Crippen LogP contribution in [0.15, 0.2) is 29.2 Å². The van der Waals surface area contributed by atoms with Crippen LogP contribution in [-0.2, 0) is 19.6 Å². The number of carbonyl (C=O) groups is 1. The lowest BCUT2D eigenvalue weighted by Crippen LogP contribution is -2.25. The number of aromatic hydroxyl groups is 1. The van der Waals surface area contributed by atoms with Crippen molar-refractivity contribution in [3.63, 3.8) is 0 Å². The third-order valence-electron chi connectivity index (χ3n) is 2.31. The van der Waals surface area contributed by atoms with Crippen LogP contribution in [0.1, 0.15) is 19.8 Å². The zero-order valence-corrected chi connectivity index (χ0v) is 11.4. The Morgan fingerprint density at radius 2 is 2.05 bits per heavy atom. The molecule has 0 unspecified atom stereocenters. The molecule has 0 aromatic heterocycles. The van der Waals surface area contributed by atoms with Gasteiger partial charge < -0.3 is 9.84 Å². The van der Waals surface area contributed by atoms with Gasteiger partial charge in [0.2, 0.25) is 10.0 Å². The summed E-state index contributed by atoms with van der Waals surface area (Å²) in [7, 11) is -3.75. The van der Waals surface area contributed by atoms with Crippen molar-refractivity contribution in [3.05, 3.63) is 24.3 Å². The summed E-state index contributed by atoms with van der Waals surface area (Å²) >= 11 is 0. The molecule has 2 N–H and O–H groups in total. The van der Waals surface area contributed by atoms with E-state index in [1.54, 1.807) is 6.92 Å². The summed E-state index contributed by atoms with van der Waals surface area (Å²) in [4.78, 5) is 10.9. The van der Waals surface area contributed by atoms with E-state index in [0.717, 1.165) is 0 Å². The maximum atomic E-state index is 11.8. The minimum absolute atomic E-state index is 0.107. The van der Waals surface area contributed by atoms with Crippen LogP contribution in [0.2, 0.25) is 0 Å². The predicted octanol–water partition coefficient (Wildman–Crippen LogP) is 1.01. The SMILES string of the molecule is CCOC(=O)CCCNS(=O)(=O)c1ccccc1O. The van der Waals surface area contributed by atoms with Crippen LogP contribution in [0, 0.1) is 0 Å². The molecule has 6 nitrogen and oxygen atoms in total. The summed E-state index contributed by atoms with van der Waals surface area (Å²) in [5.74, 6) is -0.662. The second-order valence-electron chi connectivity index (χ2n) is 3.77. The number of hydrogen-bond acceptors (Lipinski definition) is 5. The molecular weight excluding hydrogens is 270 g/mol. The number of nitrogens with one attached hydrogen (secondary N) is 1. The lowest BCUT2D eigenvalue weighted by molar-refractivity contribution is -0.143. The van der Waals surface area contributed by atoms with Gasteiger partial charge in [-0.05, 0) is 25.5 Å². The molecule has 0 aliphatic heterocycles. The van der Waals surface area contributed by atoms with E-state index in [0.29, 0.717) is 13.0 Å². The van der Waals surface area contributed by atoms with Gasteiger partial charge in [0.05, 0.1) is 6.61 Å². The highest BCUT2D eigenvalue weighted by atomic mass is 32.2. The number of esters is 1. The first-order valence-corrected chi connectivity index (χ1v) is 7.39. The summed E-state index contributed by atoms with van der Waals surface area (Å²) in [6.07, 6.45) is 0.489. The molecule has 7 heteroatoms. The molecule has 1 aromatic rings. The van der Waals surface area contributed by atoms with E-state index in [-0.39, 0.29) is 29.6 Å². The molecule has 0 fully saturated rings. The van der Waals surface area contributed by atoms with E-state index in [9.17, 15) is 18.3 Å². The maximum Gasteiger partial charge on any atom is 0.305 e. The fourth-order valence-corrected chi connectivity index (χ4v) is 2.60. The standard InChI is InChI=1S/C12H17NO5S/c1-2-18-12(15)8-5-9-13-19(16,17)11-7-4-3-6-10(11)14/h3-4,6-7,13-14H,2,5,8-9H2,1H3. The fraction of sp³-hybridized carbons (Fsp3) is 0.417. The molecule has 0 spiro atoms. The van der Waals surface area contributed by atoms with Crippen molar-refractivity contribution in [2.75, 3.05) is 13.2 Å². The third kappa shape index (κ3) is 4.88. The summed E-state index contributed by atoms with van der Waals surface area (Å²) in [5.41, 5.74) is 0. The monoisotopic (exact) mass is 287 g/mol. The average Bonchev–Trinajstić information content (AvgIpc) is 2.35. The topological polar surface area (TPSA) is 92.7 Å². The summed E-state index contributed by atoms with van der Waals surface area (Å²) in [6.45, 7) is 2.12. The second kappa shape index (κ2) is 7.10. The van der Waals surface area contributed by atoms with Gasteiger partial charge in [-0.3, -0.25) is 4.79 Å². The van der Waals surface area contributed by atoms with Crippen molar-refractivity contribution >= 4 is 16.0 Å². The van der Waals surface area contributed by atoms with E-state index < -0.39 is 10.0 Å². The third-order valence-corrected chi connectivity index (χ3v) is 3.82. The van der Waals surface area contributed by atoms with E-state index in [4.69, 9.17) is 4.74 Å². The van der Waals surface area contributed by atoms with Gasteiger partial charge in [0, 0.05) is 13.0 Å². The van der Waals surface area contributed by atoms with Crippen molar-refractivity contribution in [3.8, 4) is 5.75 Å². The molecule has 1 aromatic carbocycles. The first-order chi connectivity index (χ1) is 8.97. The minimum atomic E-state index is -3.75. The number of rotatable bonds is 7. The Morgan fingerprint density at radius 1 is 1.37 bits per heavy atom. The predicted molar refractivity (Wildman–Crippen MR) is 69.2 cm³/mol. The van der Waals surface area contributed by atoms with Gasteiger partial charge in [-0.2, -0.15) is 0 Å². The van der Waals surface area contributed by atoms with Gasteiger partial charge in [0.25, 0.3) is 0 Å². The number of carbonyl (C=O) groups excluding carboxylic acids is 1. The summed E-state index contributed by atoms with van der Waals surface area (Å²) in [6, 6.07) is 5.66. The molecular formula is C12H17NO5S. The lowest BCUT2D eigenvalue weighted by atomic mass is 10.3. The van der Waals surface area contributed by atoms with Gasteiger partial charge in [-0.1, -0.05) is 12.1 Å². The Balaban J connectivity index is 2.49. The quantitative estimate of drug-likeness (QED) is 0.577. The Bertz CT molecular complexity index is 527. The largest absolute Gasteiger partial charge is 0.507 e. The van der Waals surface area contributed by atoms with Gasteiger partial charge >= 0.3 is 5.97 Å². The molecule has 0 bridgehead atoms. The first kappa shape index (κ1) is 15.5. The summed E-state index contributed by atoms with van der Waals surface area (Å²) in [5, 5.41) is 9.47. The van der Waals surface area contributed by atoms with Gasteiger partial charge in [0.1, 0.15) is 10.6 Å². The molecule has 0 saturated carbocycles. The molecule has 0 heterocycles. The Hall–Kier alpha value is -1.60. The molecule has 0 saturated heterocycles. The number of para-hydroxylation sites is 1. The number of benzene rings is 1. The van der Waals surface area contributed by atoms with Crippen molar-refractivity contribution < 1.29 is 23.1 Å². The minimum Gasteiger partial charge on any atom is -0.507 e. The number of hydrogen-bond donors (Lipinski definition) is 2. The fourth-order valence-electron chi connectivity index (χ4n) is 1.43. The number of phenolic OH excluding ortho intramolecular Hbond substituents is 1.